The summed E-state index contributed by atoms with van der Waals surface area (Å²) in [6.07, 6.45) is -0.195. The van der Waals surface area contributed by atoms with E-state index in [2.05, 4.69) is 10.6 Å². The fraction of sp³-hybridized carbons (Fsp3) is 0.300. The van der Waals surface area contributed by atoms with Gasteiger partial charge in [-0.15, -0.1) is 0 Å². The molecule has 0 fully saturated rings. The van der Waals surface area contributed by atoms with E-state index in [-0.39, 0.29) is 18.2 Å². The van der Waals surface area contributed by atoms with E-state index in [0.717, 1.165) is 12.1 Å². The minimum absolute atomic E-state index is 0.195. The number of hydrogen-bond donors (Lipinski definition) is 2. The predicted molar refractivity (Wildman–Crippen MR) is 102 cm³/mol. The van der Waals surface area contributed by atoms with Crippen LogP contribution in [0.15, 0.2) is 54.6 Å². The van der Waals surface area contributed by atoms with Gasteiger partial charge in [0.1, 0.15) is 18.8 Å². The number of carbonyl (C=O) groups excluding carboxylic acids is 2. The van der Waals surface area contributed by atoms with Gasteiger partial charge in [0, 0.05) is 18.8 Å². The number of hydrogen-bond acceptors (Lipinski definition) is 4. The maximum absolute atomic E-state index is 11.9. The van der Waals surface area contributed by atoms with Crippen LogP contribution in [0.4, 0.5) is 5.69 Å². The average molecular weight is 355 g/mol. The second kappa shape index (κ2) is 10.2. The number of rotatable bonds is 9. The van der Waals surface area contributed by atoms with Gasteiger partial charge in [-0.25, -0.2) is 0 Å². The van der Waals surface area contributed by atoms with E-state index in [1.807, 2.05) is 49.3 Å². The molecule has 0 radical (unpaired) electrons. The van der Waals surface area contributed by atoms with Crippen LogP contribution < -0.4 is 15.4 Å². The van der Waals surface area contributed by atoms with Gasteiger partial charge < -0.3 is 20.3 Å². The summed E-state index contributed by atoms with van der Waals surface area (Å²) in [5.41, 5.74) is 1.72. The number of nitrogens with one attached hydrogen (secondary N) is 2. The van der Waals surface area contributed by atoms with Gasteiger partial charge in [0.2, 0.25) is 11.8 Å². The lowest BCUT2D eigenvalue weighted by Crippen LogP contribution is -2.33. The first-order valence-electron chi connectivity index (χ1n) is 8.51. The average Bonchev–Trinajstić information content (AvgIpc) is 2.61. The lowest BCUT2D eigenvalue weighted by molar-refractivity contribution is -0.126. The van der Waals surface area contributed by atoms with Crippen molar-refractivity contribution >= 4 is 17.5 Å². The molecule has 2 N–H and O–H groups in total. The van der Waals surface area contributed by atoms with E-state index in [1.54, 1.807) is 24.3 Å². The van der Waals surface area contributed by atoms with Crippen molar-refractivity contribution < 1.29 is 14.3 Å². The van der Waals surface area contributed by atoms with Gasteiger partial charge in [-0.1, -0.05) is 30.3 Å². The molecule has 2 aromatic rings. The van der Waals surface area contributed by atoms with Crippen LogP contribution in [0.3, 0.4) is 0 Å². The van der Waals surface area contributed by atoms with Crippen LogP contribution in [-0.4, -0.2) is 43.9 Å². The van der Waals surface area contributed by atoms with Gasteiger partial charge in [0.15, 0.2) is 0 Å². The van der Waals surface area contributed by atoms with Crippen molar-refractivity contribution in [2.75, 3.05) is 32.5 Å². The Morgan fingerprint density at radius 2 is 1.65 bits per heavy atom. The quantitative estimate of drug-likeness (QED) is 0.677. The molecule has 0 aromatic heterocycles. The van der Waals surface area contributed by atoms with Crippen LogP contribution in [0, 0.1) is 0 Å². The van der Waals surface area contributed by atoms with E-state index in [1.165, 1.54) is 0 Å². The zero-order valence-electron chi connectivity index (χ0n) is 15.2. The van der Waals surface area contributed by atoms with E-state index < -0.39 is 0 Å². The first-order chi connectivity index (χ1) is 12.5. The van der Waals surface area contributed by atoms with Crippen LogP contribution >= 0.6 is 0 Å². The topological polar surface area (TPSA) is 70.7 Å². The van der Waals surface area contributed by atoms with E-state index >= 15 is 0 Å². The van der Waals surface area contributed by atoms with Gasteiger partial charge in [0.25, 0.3) is 0 Å². The number of anilines is 1. The number of ether oxygens (including phenoxy) is 1. The molecule has 0 heterocycles. The number of amides is 2. The minimum Gasteiger partial charge on any atom is -0.489 e. The van der Waals surface area contributed by atoms with E-state index in [4.69, 9.17) is 4.74 Å². The molecular formula is C20H25N3O3. The normalized spacial score (nSPS) is 10.4. The summed E-state index contributed by atoms with van der Waals surface area (Å²) in [5.74, 6) is 0.0887. The molecule has 0 atom stereocenters. The maximum atomic E-state index is 11.9. The molecule has 2 aromatic carbocycles. The molecule has 0 aliphatic carbocycles. The molecule has 0 aliphatic heterocycles. The van der Waals surface area contributed by atoms with Gasteiger partial charge in [0.05, 0.1) is 0 Å². The fourth-order valence-corrected chi connectivity index (χ4v) is 2.21. The van der Waals surface area contributed by atoms with Crippen LogP contribution in [-0.2, 0) is 16.2 Å². The van der Waals surface area contributed by atoms with Crippen molar-refractivity contribution in [3.63, 3.8) is 0 Å². The Kier molecular flexibility index (Phi) is 7.64. The first kappa shape index (κ1) is 19.5. The standard InChI is InChI=1S/C20H25N3O3/c1-23(2)13-12-21-19(24)14-20(25)22-17-8-10-18(11-9-17)26-15-16-6-4-3-5-7-16/h3-11H,12-15H2,1-2H3,(H,21,24)(H,22,25). The number of likely N-dealkylation sites (N-methyl/N-ethyl adjacent to an activating group) is 1. The highest BCUT2D eigenvalue weighted by Gasteiger charge is 2.09. The lowest BCUT2D eigenvalue weighted by atomic mass is 10.2. The van der Waals surface area contributed by atoms with Crippen molar-refractivity contribution in [1.82, 2.24) is 10.2 Å². The molecule has 26 heavy (non-hydrogen) atoms. The smallest absolute Gasteiger partial charge is 0.233 e. The summed E-state index contributed by atoms with van der Waals surface area (Å²) in [4.78, 5) is 25.6. The predicted octanol–water partition coefficient (Wildman–Crippen LogP) is 2.27. The van der Waals surface area contributed by atoms with Crippen molar-refractivity contribution in [1.29, 1.82) is 0 Å². The lowest BCUT2D eigenvalue weighted by Gasteiger charge is -2.11. The highest BCUT2D eigenvalue weighted by molar-refractivity contribution is 6.03. The summed E-state index contributed by atoms with van der Waals surface area (Å²) in [6.45, 7) is 1.74. The second-order valence-corrected chi connectivity index (χ2v) is 6.18. The molecule has 0 saturated carbocycles. The van der Waals surface area contributed by atoms with Crippen molar-refractivity contribution in [3.05, 3.63) is 60.2 Å². The highest BCUT2D eigenvalue weighted by atomic mass is 16.5. The minimum atomic E-state index is -0.342. The largest absolute Gasteiger partial charge is 0.489 e. The summed E-state index contributed by atoms with van der Waals surface area (Å²) in [6, 6.07) is 17.0. The van der Waals surface area contributed by atoms with Gasteiger partial charge in [-0.3, -0.25) is 9.59 Å². The van der Waals surface area contributed by atoms with Gasteiger partial charge in [-0.05, 0) is 43.9 Å². The SMILES string of the molecule is CN(C)CCNC(=O)CC(=O)Nc1ccc(OCc2ccccc2)cc1. The molecule has 6 heteroatoms. The maximum Gasteiger partial charge on any atom is 0.233 e. The Morgan fingerprint density at radius 3 is 2.31 bits per heavy atom. The monoisotopic (exact) mass is 355 g/mol. The van der Waals surface area contributed by atoms with Crippen LogP contribution in [0.5, 0.6) is 5.75 Å². The van der Waals surface area contributed by atoms with Crippen LogP contribution in [0.2, 0.25) is 0 Å². The van der Waals surface area contributed by atoms with Crippen molar-refractivity contribution in [3.8, 4) is 5.75 Å². The molecular weight excluding hydrogens is 330 g/mol. The zero-order chi connectivity index (χ0) is 18.8. The van der Waals surface area contributed by atoms with Crippen molar-refractivity contribution in [2.45, 2.75) is 13.0 Å². The molecule has 2 rings (SSSR count). The third kappa shape index (κ3) is 7.36. The summed E-state index contributed by atoms with van der Waals surface area (Å²) >= 11 is 0. The number of nitrogens with zero attached hydrogens (tertiary/aromatic N) is 1. The zero-order valence-corrected chi connectivity index (χ0v) is 15.2. The Morgan fingerprint density at radius 1 is 0.962 bits per heavy atom. The molecule has 0 saturated heterocycles. The molecule has 6 nitrogen and oxygen atoms in total. The second-order valence-electron chi connectivity index (χ2n) is 6.18. The summed E-state index contributed by atoms with van der Waals surface area (Å²) in [7, 11) is 3.85. The van der Waals surface area contributed by atoms with E-state index in [0.29, 0.717) is 24.6 Å². The molecule has 2 amide bonds. The Labute approximate surface area is 154 Å². The Balaban J connectivity index is 1.74. The third-order valence-electron chi connectivity index (χ3n) is 3.59. The first-order valence-corrected chi connectivity index (χ1v) is 8.51. The molecule has 0 bridgehead atoms. The van der Waals surface area contributed by atoms with E-state index in [9.17, 15) is 9.59 Å². The fourth-order valence-electron chi connectivity index (χ4n) is 2.21. The Hall–Kier alpha value is -2.86. The molecule has 0 spiro atoms. The van der Waals surface area contributed by atoms with Gasteiger partial charge in [-0.2, -0.15) is 0 Å². The van der Waals surface area contributed by atoms with Crippen LogP contribution in [0.1, 0.15) is 12.0 Å². The highest BCUT2D eigenvalue weighted by Crippen LogP contribution is 2.17. The third-order valence-corrected chi connectivity index (χ3v) is 3.59. The number of carbonyl (C=O) groups is 2. The Bertz CT molecular complexity index is 700. The number of benzene rings is 2. The molecule has 0 unspecified atom stereocenters. The van der Waals surface area contributed by atoms with Gasteiger partial charge >= 0.3 is 0 Å². The summed E-state index contributed by atoms with van der Waals surface area (Å²) in [5, 5.41) is 5.42. The molecule has 0 aliphatic rings. The van der Waals surface area contributed by atoms with Crippen LogP contribution in [0.25, 0.3) is 0 Å². The van der Waals surface area contributed by atoms with Crippen molar-refractivity contribution in [2.24, 2.45) is 0 Å². The molecule has 138 valence electrons. The summed E-state index contributed by atoms with van der Waals surface area (Å²) < 4.78 is 5.70.